The number of aliphatic imine (C=N–C) groups is 1. The van der Waals surface area contributed by atoms with Crippen molar-refractivity contribution in [3.05, 3.63) is 28.8 Å². The van der Waals surface area contributed by atoms with Crippen LogP contribution in [0.15, 0.2) is 22.5 Å². The van der Waals surface area contributed by atoms with E-state index in [0.717, 1.165) is 54.0 Å². The summed E-state index contributed by atoms with van der Waals surface area (Å²) in [6.07, 6.45) is 6.44. The summed E-state index contributed by atoms with van der Waals surface area (Å²) in [6, 6.07) is 4.30. The lowest BCUT2D eigenvalue weighted by Gasteiger charge is -2.17. The van der Waals surface area contributed by atoms with Gasteiger partial charge in [-0.2, -0.15) is 5.10 Å². The van der Waals surface area contributed by atoms with E-state index >= 15 is 0 Å². The molecule has 3 aromatic rings. The zero-order chi connectivity index (χ0) is 21.4. The molecular formula is C22H27N7OS. The standard InChI is InChI=1S/C22H27N7OS/c1-4-29-20(15-7-5-6-8-16(15)27-29)26-22-25-18(12-31-22)17-9-10-19(21(24-17)30-3)28-11-14(2)23-13-28/h9-10,12-14H,4-8,11H2,1-3H3,(H,25,26). The van der Waals surface area contributed by atoms with Gasteiger partial charge in [-0.25, -0.2) is 14.6 Å². The molecule has 0 spiro atoms. The van der Waals surface area contributed by atoms with Gasteiger partial charge in [-0.3, -0.25) is 4.99 Å². The summed E-state index contributed by atoms with van der Waals surface area (Å²) in [4.78, 5) is 16.0. The lowest BCUT2D eigenvalue weighted by atomic mass is 9.97. The Labute approximate surface area is 186 Å². The van der Waals surface area contributed by atoms with Crippen molar-refractivity contribution in [3.8, 4) is 17.3 Å². The van der Waals surface area contributed by atoms with E-state index in [1.807, 2.05) is 23.9 Å². The number of hydrogen-bond acceptors (Lipinski definition) is 8. The summed E-state index contributed by atoms with van der Waals surface area (Å²) in [7, 11) is 1.65. The zero-order valence-electron chi connectivity index (χ0n) is 18.1. The van der Waals surface area contributed by atoms with E-state index in [4.69, 9.17) is 19.8 Å². The first kappa shape index (κ1) is 20.0. The first-order valence-electron chi connectivity index (χ1n) is 10.8. The summed E-state index contributed by atoms with van der Waals surface area (Å²) in [5, 5.41) is 11.2. The van der Waals surface area contributed by atoms with E-state index in [9.17, 15) is 0 Å². The Morgan fingerprint density at radius 2 is 2.06 bits per heavy atom. The van der Waals surface area contributed by atoms with Gasteiger partial charge in [0.2, 0.25) is 5.88 Å². The average Bonchev–Trinajstić information content (AvgIpc) is 3.52. The molecule has 31 heavy (non-hydrogen) atoms. The van der Waals surface area contributed by atoms with Crippen LogP contribution in [-0.4, -0.2) is 45.8 Å². The van der Waals surface area contributed by atoms with Crippen LogP contribution in [0.2, 0.25) is 0 Å². The van der Waals surface area contributed by atoms with Crippen LogP contribution in [0.4, 0.5) is 16.6 Å². The van der Waals surface area contributed by atoms with Crippen LogP contribution in [0, 0.1) is 0 Å². The van der Waals surface area contributed by atoms with E-state index in [2.05, 4.69) is 33.7 Å². The molecule has 8 nitrogen and oxygen atoms in total. The number of fused-ring (bicyclic) bond motifs is 1. The highest BCUT2D eigenvalue weighted by Gasteiger charge is 2.22. The van der Waals surface area contributed by atoms with Crippen molar-refractivity contribution in [2.75, 3.05) is 23.9 Å². The molecular weight excluding hydrogens is 410 g/mol. The lowest BCUT2D eigenvalue weighted by Crippen LogP contribution is -2.22. The van der Waals surface area contributed by atoms with E-state index < -0.39 is 0 Å². The molecule has 0 bridgehead atoms. The second-order valence-electron chi connectivity index (χ2n) is 7.95. The highest BCUT2D eigenvalue weighted by atomic mass is 32.1. The minimum atomic E-state index is 0.277. The maximum Gasteiger partial charge on any atom is 0.238 e. The van der Waals surface area contributed by atoms with Crippen molar-refractivity contribution in [1.82, 2.24) is 19.7 Å². The van der Waals surface area contributed by atoms with Crippen molar-refractivity contribution in [2.45, 2.75) is 52.1 Å². The van der Waals surface area contributed by atoms with Gasteiger partial charge in [0.15, 0.2) is 5.13 Å². The fourth-order valence-corrected chi connectivity index (χ4v) is 4.91. The number of nitrogens with one attached hydrogen (secondary N) is 1. The number of nitrogens with zero attached hydrogens (tertiary/aromatic N) is 6. The quantitative estimate of drug-likeness (QED) is 0.620. The number of methoxy groups -OCH3 is 1. The summed E-state index contributed by atoms with van der Waals surface area (Å²) in [5.74, 6) is 1.67. The van der Waals surface area contributed by atoms with Crippen LogP contribution < -0.4 is 15.0 Å². The fourth-order valence-electron chi connectivity index (χ4n) is 4.20. The second-order valence-corrected chi connectivity index (χ2v) is 8.81. The first-order chi connectivity index (χ1) is 15.2. The molecule has 9 heteroatoms. The zero-order valence-corrected chi connectivity index (χ0v) is 18.9. The van der Waals surface area contributed by atoms with E-state index in [0.29, 0.717) is 5.88 Å². The first-order valence-corrected chi connectivity index (χ1v) is 11.7. The molecule has 0 saturated heterocycles. The van der Waals surface area contributed by atoms with Crippen molar-refractivity contribution in [2.24, 2.45) is 4.99 Å². The topological polar surface area (TPSA) is 80.5 Å². The van der Waals surface area contributed by atoms with Crippen molar-refractivity contribution in [1.29, 1.82) is 0 Å². The van der Waals surface area contributed by atoms with Crippen LogP contribution in [0.25, 0.3) is 11.4 Å². The number of ether oxygens (including phenoxy) is 1. The third kappa shape index (κ3) is 3.78. The van der Waals surface area contributed by atoms with Crippen LogP contribution in [-0.2, 0) is 19.4 Å². The third-order valence-corrected chi connectivity index (χ3v) is 6.54. The van der Waals surface area contributed by atoms with Gasteiger partial charge < -0.3 is 15.0 Å². The molecule has 1 N–H and O–H groups in total. The Bertz CT molecular complexity index is 1120. The molecule has 5 rings (SSSR count). The molecule has 0 saturated carbocycles. The molecule has 4 heterocycles. The highest BCUT2D eigenvalue weighted by molar-refractivity contribution is 7.14. The number of aromatic nitrogens is 4. The Morgan fingerprint density at radius 3 is 2.84 bits per heavy atom. The Kier molecular flexibility index (Phi) is 5.35. The molecule has 0 radical (unpaired) electrons. The van der Waals surface area contributed by atoms with Crippen molar-refractivity contribution < 1.29 is 4.74 Å². The van der Waals surface area contributed by atoms with Crippen LogP contribution in [0.1, 0.15) is 37.9 Å². The maximum atomic E-state index is 5.57. The average molecular weight is 438 g/mol. The predicted molar refractivity (Wildman–Crippen MR) is 125 cm³/mol. The monoisotopic (exact) mass is 437 g/mol. The van der Waals surface area contributed by atoms with Crippen LogP contribution >= 0.6 is 11.3 Å². The molecule has 2 aliphatic rings. The number of anilines is 3. The molecule has 1 atom stereocenters. The molecule has 1 unspecified atom stereocenters. The molecule has 0 amide bonds. The van der Waals surface area contributed by atoms with Crippen molar-refractivity contribution in [3.63, 3.8) is 0 Å². The summed E-state index contributed by atoms with van der Waals surface area (Å²) >= 11 is 1.58. The lowest BCUT2D eigenvalue weighted by molar-refractivity contribution is 0.399. The minimum Gasteiger partial charge on any atom is -0.479 e. The summed E-state index contributed by atoms with van der Waals surface area (Å²) in [6.45, 7) is 5.89. The molecule has 0 fully saturated rings. The highest BCUT2D eigenvalue weighted by Crippen LogP contribution is 2.34. The molecule has 1 aliphatic heterocycles. The summed E-state index contributed by atoms with van der Waals surface area (Å²) < 4.78 is 7.63. The minimum absolute atomic E-state index is 0.277. The molecule has 3 aromatic heterocycles. The van der Waals surface area contributed by atoms with Gasteiger partial charge >= 0.3 is 0 Å². The Morgan fingerprint density at radius 1 is 1.19 bits per heavy atom. The summed E-state index contributed by atoms with van der Waals surface area (Å²) in [5.41, 5.74) is 5.12. The van der Waals surface area contributed by atoms with Gasteiger partial charge in [0.1, 0.15) is 17.2 Å². The fraction of sp³-hybridized carbons (Fsp3) is 0.455. The SMILES string of the molecule is CCn1nc2c(c1Nc1nc(-c3ccc(N4C=NC(C)C4)c(OC)n3)cs1)CCCC2. The number of pyridine rings is 1. The van der Waals surface area contributed by atoms with E-state index in [1.54, 1.807) is 18.4 Å². The van der Waals surface area contributed by atoms with Gasteiger partial charge in [0.25, 0.3) is 0 Å². The largest absolute Gasteiger partial charge is 0.479 e. The maximum absolute atomic E-state index is 5.57. The molecule has 0 aromatic carbocycles. The molecule has 162 valence electrons. The second kappa shape index (κ2) is 8.30. The van der Waals surface area contributed by atoms with Gasteiger partial charge in [-0.1, -0.05) is 0 Å². The van der Waals surface area contributed by atoms with E-state index in [1.165, 1.54) is 24.1 Å². The number of rotatable bonds is 6. The van der Waals surface area contributed by atoms with E-state index in [-0.39, 0.29) is 6.04 Å². The Balaban J connectivity index is 1.40. The van der Waals surface area contributed by atoms with Crippen molar-refractivity contribution >= 4 is 34.3 Å². The number of hydrogen-bond donors (Lipinski definition) is 1. The van der Waals surface area contributed by atoms with Gasteiger partial charge in [-0.05, 0) is 51.7 Å². The third-order valence-electron chi connectivity index (χ3n) is 5.78. The van der Waals surface area contributed by atoms with Crippen LogP contribution in [0.5, 0.6) is 5.88 Å². The smallest absolute Gasteiger partial charge is 0.238 e. The van der Waals surface area contributed by atoms with Gasteiger partial charge in [-0.15, -0.1) is 11.3 Å². The number of aryl methyl sites for hydroxylation is 2. The molecule has 1 aliphatic carbocycles. The predicted octanol–water partition coefficient (Wildman–Crippen LogP) is 4.29. The van der Waals surface area contributed by atoms with Crippen LogP contribution in [0.3, 0.4) is 0 Å². The normalized spacial score (nSPS) is 17.8. The number of thiazole rings is 1. The van der Waals surface area contributed by atoms with Gasteiger partial charge in [0.05, 0.1) is 30.9 Å². The van der Waals surface area contributed by atoms with Gasteiger partial charge in [0, 0.05) is 24.0 Å². The Hall–Kier alpha value is -2.94.